The molecule has 0 atom stereocenters. The average molecular weight is 248 g/mol. The highest BCUT2D eigenvalue weighted by Crippen LogP contribution is 2.08. The monoisotopic (exact) mass is 248 g/mol. The van der Waals surface area contributed by atoms with Gasteiger partial charge in [-0.15, -0.1) is 0 Å². The molecule has 0 nitrogen and oxygen atoms in total. The molecule has 0 aromatic rings. The van der Waals surface area contributed by atoms with Crippen LogP contribution in [-0.4, -0.2) is 0 Å². The van der Waals surface area contributed by atoms with Crippen molar-refractivity contribution in [3.63, 3.8) is 0 Å². The lowest BCUT2D eigenvalue weighted by atomic mass is 10.1. The van der Waals surface area contributed by atoms with E-state index in [-0.39, 0.29) is 0 Å². The van der Waals surface area contributed by atoms with E-state index < -0.39 is 0 Å². The van der Waals surface area contributed by atoms with Crippen molar-refractivity contribution in [3.05, 3.63) is 36.5 Å². The van der Waals surface area contributed by atoms with E-state index in [4.69, 9.17) is 0 Å². The molecule has 0 saturated carbocycles. The highest BCUT2D eigenvalue weighted by atomic mass is 13.9. The van der Waals surface area contributed by atoms with Gasteiger partial charge >= 0.3 is 0 Å². The molecule has 0 fully saturated rings. The topological polar surface area (TPSA) is 0 Å². The standard InChI is InChI=1S/C18H32/c1-3-5-7-9-11-13-15-17-18-16-14-12-10-8-6-4-2/h3,5,9,11,15,17H,4,6-8,10,12-14,16,18H2,1-2H3/b5-3-,11-9-,17-15-. The van der Waals surface area contributed by atoms with Crippen LogP contribution in [0.4, 0.5) is 0 Å². The van der Waals surface area contributed by atoms with Crippen LogP contribution in [0.25, 0.3) is 0 Å². The first-order valence-corrected chi connectivity index (χ1v) is 7.83. The molecule has 0 spiro atoms. The summed E-state index contributed by atoms with van der Waals surface area (Å²) in [6.07, 6.45) is 26.7. The molecule has 0 heterocycles. The van der Waals surface area contributed by atoms with Crippen molar-refractivity contribution in [2.45, 2.75) is 78.1 Å². The molecule has 0 bridgehead atoms. The lowest BCUT2D eigenvalue weighted by Gasteiger charge is -1.98. The Balaban J connectivity index is 3.15. The molecule has 104 valence electrons. The van der Waals surface area contributed by atoms with E-state index in [9.17, 15) is 0 Å². The molecule has 0 heteroatoms. The molecule has 0 rings (SSSR count). The van der Waals surface area contributed by atoms with Gasteiger partial charge in [0.15, 0.2) is 0 Å². The van der Waals surface area contributed by atoms with Crippen LogP contribution in [0.3, 0.4) is 0 Å². The van der Waals surface area contributed by atoms with E-state index in [2.05, 4.69) is 50.3 Å². The van der Waals surface area contributed by atoms with Gasteiger partial charge in [0, 0.05) is 0 Å². The summed E-state index contributed by atoms with van der Waals surface area (Å²) in [5.41, 5.74) is 0. The van der Waals surface area contributed by atoms with Gasteiger partial charge in [0.25, 0.3) is 0 Å². The molecule has 0 amide bonds. The summed E-state index contributed by atoms with van der Waals surface area (Å²) < 4.78 is 0. The van der Waals surface area contributed by atoms with Crippen molar-refractivity contribution in [1.29, 1.82) is 0 Å². The fraction of sp³-hybridized carbons (Fsp3) is 0.667. The van der Waals surface area contributed by atoms with Gasteiger partial charge in [-0.1, -0.05) is 81.9 Å². The Morgan fingerprint density at radius 2 is 1.17 bits per heavy atom. The minimum Gasteiger partial charge on any atom is -0.0914 e. The lowest BCUT2D eigenvalue weighted by molar-refractivity contribution is 0.592. The Morgan fingerprint density at radius 3 is 1.83 bits per heavy atom. The Kier molecular flexibility index (Phi) is 15.5. The predicted molar refractivity (Wildman–Crippen MR) is 84.9 cm³/mol. The number of unbranched alkanes of at least 4 members (excludes halogenated alkanes) is 7. The third kappa shape index (κ3) is 15.2. The molecule has 0 aromatic heterocycles. The summed E-state index contributed by atoms with van der Waals surface area (Å²) in [7, 11) is 0. The molecule has 0 radical (unpaired) electrons. The van der Waals surface area contributed by atoms with Gasteiger partial charge in [-0.05, 0) is 32.6 Å². The van der Waals surface area contributed by atoms with Crippen molar-refractivity contribution in [2.75, 3.05) is 0 Å². The zero-order chi connectivity index (χ0) is 13.3. The fourth-order valence-corrected chi connectivity index (χ4v) is 1.92. The second-order valence-electron chi connectivity index (χ2n) is 4.89. The lowest BCUT2D eigenvalue weighted by Crippen LogP contribution is -1.78. The van der Waals surface area contributed by atoms with E-state index in [1.807, 2.05) is 0 Å². The minimum atomic E-state index is 1.07. The molecular formula is C18H32. The molecule has 0 saturated heterocycles. The van der Waals surface area contributed by atoms with E-state index in [0.29, 0.717) is 0 Å². The van der Waals surface area contributed by atoms with Gasteiger partial charge in [0.05, 0.1) is 0 Å². The van der Waals surface area contributed by atoms with Crippen molar-refractivity contribution in [2.24, 2.45) is 0 Å². The Hall–Kier alpha value is -0.780. The van der Waals surface area contributed by atoms with Crippen molar-refractivity contribution >= 4 is 0 Å². The van der Waals surface area contributed by atoms with Gasteiger partial charge in [0.2, 0.25) is 0 Å². The van der Waals surface area contributed by atoms with Crippen LogP contribution >= 0.6 is 0 Å². The third-order valence-corrected chi connectivity index (χ3v) is 3.09. The molecule has 0 aliphatic carbocycles. The summed E-state index contributed by atoms with van der Waals surface area (Å²) in [4.78, 5) is 0. The quantitative estimate of drug-likeness (QED) is 0.270. The van der Waals surface area contributed by atoms with Gasteiger partial charge in [-0.25, -0.2) is 0 Å². The second-order valence-corrected chi connectivity index (χ2v) is 4.89. The highest BCUT2D eigenvalue weighted by molar-refractivity contribution is 4.96. The maximum atomic E-state index is 2.34. The number of hydrogen-bond donors (Lipinski definition) is 0. The Morgan fingerprint density at radius 1 is 0.611 bits per heavy atom. The number of allylic oxidation sites excluding steroid dienone is 6. The zero-order valence-electron chi connectivity index (χ0n) is 12.5. The molecule has 0 N–H and O–H groups in total. The number of hydrogen-bond acceptors (Lipinski definition) is 0. The summed E-state index contributed by atoms with van der Waals surface area (Å²) >= 11 is 0. The molecule has 0 aliphatic heterocycles. The van der Waals surface area contributed by atoms with E-state index >= 15 is 0 Å². The maximum Gasteiger partial charge on any atom is -0.0169 e. The largest absolute Gasteiger partial charge is 0.0914 e. The van der Waals surface area contributed by atoms with Crippen LogP contribution in [0.2, 0.25) is 0 Å². The van der Waals surface area contributed by atoms with E-state index in [1.165, 1.54) is 51.4 Å². The van der Waals surface area contributed by atoms with Crippen LogP contribution in [0.5, 0.6) is 0 Å². The van der Waals surface area contributed by atoms with Crippen molar-refractivity contribution in [1.82, 2.24) is 0 Å². The van der Waals surface area contributed by atoms with Crippen LogP contribution in [0.15, 0.2) is 36.5 Å². The second kappa shape index (κ2) is 16.2. The minimum absolute atomic E-state index is 1.07. The molecule has 18 heavy (non-hydrogen) atoms. The Labute approximate surface area is 115 Å². The highest BCUT2D eigenvalue weighted by Gasteiger charge is 1.88. The summed E-state index contributed by atoms with van der Waals surface area (Å²) in [6.45, 7) is 4.34. The fourth-order valence-electron chi connectivity index (χ4n) is 1.92. The van der Waals surface area contributed by atoms with Gasteiger partial charge in [0.1, 0.15) is 0 Å². The normalized spacial score (nSPS) is 12.3. The predicted octanol–water partition coefficient (Wildman–Crippen LogP) is 6.60. The zero-order valence-corrected chi connectivity index (χ0v) is 12.5. The molecule has 0 aromatic carbocycles. The van der Waals surface area contributed by atoms with Crippen LogP contribution < -0.4 is 0 Å². The van der Waals surface area contributed by atoms with Crippen LogP contribution in [0, 0.1) is 0 Å². The molecule has 0 aliphatic rings. The average Bonchev–Trinajstić information content (AvgIpc) is 2.39. The first kappa shape index (κ1) is 17.2. The molecular weight excluding hydrogens is 216 g/mol. The smallest absolute Gasteiger partial charge is 0.0169 e. The van der Waals surface area contributed by atoms with Gasteiger partial charge in [-0.3, -0.25) is 0 Å². The SMILES string of the molecule is C/C=C\C/C=C\C/C=C\CCCCCCCCC. The van der Waals surface area contributed by atoms with Gasteiger partial charge in [-0.2, -0.15) is 0 Å². The van der Waals surface area contributed by atoms with Crippen molar-refractivity contribution < 1.29 is 0 Å². The summed E-state index contributed by atoms with van der Waals surface area (Å²) in [5.74, 6) is 0. The van der Waals surface area contributed by atoms with Crippen LogP contribution in [0.1, 0.15) is 78.1 Å². The molecule has 0 unspecified atom stereocenters. The van der Waals surface area contributed by atoms with E-state index in [1.54, 1.807) is 0 Å². The van der Waals surface area contributed by atoms with E-state index in [0.717, 1.165) is 12.8 Å². The van der Waals surface area contributed by atoms with Crippen molar-refractivity contribution in [3.8, 4) is 0 Å². The summed E-state index contributed by atoms with van der Waals surface area (Å²) in [5, 5.41) is 0. The summed E-state index contributed by atoms with van der Waals surface area (Å²) in [6, 6.07) is 0. The number of rotatable bonds is 12. The van der Waals surface area contributed by atoms with Gasteiger partial charge < -0.3 is 0 Å². The first-order valence-electron chi connectivity index (χ1n) is 7.83. The third-order valence-electron chi connectivity index (χ3n) is 3.09. The Bertz CT molecular complexity index is 220. The first-order chi connectivity index (χ1) is 8.91. The maximum absolute atomic E-state index is 2.34. The van der Waals surface area contributed by atoms with Crippen LogP contribution in [-0.2, 0) is 0 Å².